The predicted molar refractivity (Wildman–Crippen MR) is 110 cm³/mol. The molecule has 0 bridgehead atoms. The molecule has 1 aliphatic rings. The van der Waals surface area contributed by atoms with E-state index >= 15 is 0 Å². The monoisotopic (exact) mass is 458 g/mol. The smallest absolute Gasteiger partial charge is 0.227 e. The highest BCUT2D eigenvalue weighted by Crippen LogP contribution is 2.27. The molecule has 0 unspecified atom stereocenters. The number of nitrogens with one attached hydrogen (secondary N) is 2. The van der Waals surface area contributed by atoms with Crippen LogP contribution in [0.25, 0.3) is 0 Å². The lowest BCUT2D eigenvalue weighted by Gasteiger charge is -2.17. The summed E-state index contributed by atoms with van der Waals surface area (Å²) in [5, 5.41) is 5.89. The minimum atomic E-state index is -0.527. The SMILES string of the molecule is O=C1CCc2cc(Nc3ncc(F)c(CCc4ccc(Br)cc4F)n3)ccc2N1. The van der Waals surface area contributed by atoms with E-state index in [9.17, 15) is 13.6 Å². The zero-order valence-electron chi connectivity index (χ0n) is 15.3. The van der Waals surface area contributed by atoms with Gasteiger partial charge in [0.1, 0.15) is 5.82 Å². The summed E-state index contributed by atoms with van der Waals surface area (Å²) in [5.41, 5.74) is 3.27. The van der Waals surface area contributed by atoms with E-state index in [1.165, 1.54) is 6.07 Å². The zero-order valence-corrected chi connectivity index (χ0v) is 16.9. The molecule has 0 saturated carbocycles. The second kappa shape index (κ2) is 8.24. The van der Waals surface area contributed by atoms with Gasteiger partial charge in [-0.1, -0.05) is 22.0 Å². The Bertz CT molecular complexity index is 1090. The molecule has 0 atom stereocenters. The van der Waals surface area contributed by atoms with Crippen LogP contribution >= 0.6 is 15.9 Å². The number of amides is 1. The van der Waals surface area contributed by atoms with Crippen molar-refractivity contribution in [2.24, 2.45) is 0 Å². The average Bonchev–Trinajstić information content (AvgIpc) is 2.69. The van der Waals surface area contributed by atoms with Crippen molar-refractivity contribution in [1.29, 1.82) is 0 Å². The Morgan fingerprint density at radius 1 is 1.07 bits per heavy atom. The van der Waals surface area contributed by atoms with Gasteiger partial charge in [-0.25, -0.2) is 18.7 Å². The molecule has 1 amide bonds. The fraction of sp³-hybridized carbons (Fsp3) is 0.190. The van der Waals surface area contributed by atoms with E-state index in [2.05, 4.69) is 36.5 Å². The Morgan fingerprint density at radius 3 is 2.76 bits per heavy atom. The topological polar surface area (TPSA) is 66.9 Å². The Morgan fingerprint density at radius 2 is 1.93 bits per heavy atom. The normalized spacial score (nSPS) is 13.0. The number of carbonyl (C=O) groups is 1. The van der Waals surface area contributed by atoms with E-state index in [4.69, 9.17) is 0 Å². The molecule has 1 aliphatic heterocycles. The van der Waals surface area contributed by atoms with Crippen LogP contribution < -0.4 is 10.6 Å². The summed E-state index contributed by atoms with van der Waals surface area (Å²) in [7, 11) is 0. The molecule has 0 saturated heterocycles. The molecule has 0 spiro atoms. The summed E-state index contributed by atoms with van der Waals surface area (Å²) < 4.78 is 28.8. The zero-order chi connectivity index (χ0) is 20.4. The van der Waals surface area contributed by atoms with Gasteiger partial charge in [-0.15, -0.1) is 0 Å². The van der Waals surface area contributed by atoms with Gasteiger partial charge in [-0.05, 0) is 60.7 Å². The van der Waals surface area contributed by atoms with Crippen LogP contribution in [0.4, 0.5) is 26.1 Å². The lowest BCUT2D eigenvalue weighted by Crippen LogP contribution is -2.18. The number of rotatable bonds is 5. The van der Waals surface area contributed by atoms with Gasteiger partial charge in [0.25, 0.3) is 0 Å². The number of aryl methyl sites for hydroxylation is 3. The van der Waals surface area contributed by atoms with Crippen LogP contribution in [-0.2, 0) is 24.1 Å². The second-order valence-electron chi connectivity index (χ2n) is 6.77. The maximum atomic E-state index is 14.1. The summed E-state index contributed by atoms with van der Waals surface area (Å²) in [4.78, 5) is 19.7. The van der Waals surface area contributed by atoms with Crippen molar-refractivity contribution in [1.82, 2.24) is 9.97 Å². The summed E-state index contributed by atoms with van der Waals surface area (Å²) in [6, 6.07) is 10.3. The first-order chi connectivity index (χ1) is 14.0. The number of nitrogens with zero attached hydrogens (tertiary/aromatic N) is 2. The third kappa shape index (κ3) is 4.59. The number of fused-ring (bicyclic) bond motifs is 1. The maximum absolute atomic E-state index is 14.1. The highest BCUT2D eigenvalue weighted by molar-refractivity contribution is 9.10. The van der Waals surface area contributed by atoms with Crippen LogP contribution in [0, 0.1) is 11.6 Å². The number of anilines is 3. The van der Waals surface area contributed by atoms with Crippen LogP contribution in [0.5, 0.6) is 0 Å². The number of hydrogen-bond acceptors (Lipinski definition) is 4. The number of carbonyl (C=O) groups excluding carboxylic acids is 1. The molecule has 0 radical (unpaired) electrons. The fourth-order valence-corrected chi connectivity index (χ4v) is 3.54. The first-order valence-corrected chi connectivity index (χ1v) is 9.92. The van der Waals surface area contributed by atoms with E-state index in [0.717, 1.165) is 23.1 Å². The molecule has 2 aromatic carbocycles. The van der Waals surface area contributed by atoms with E-state index < -0.39 is 5.82 Å². The maximum Gasteiger partial charge on any atom is 0.227 e. The lowest BCUT2D eigenvalue weighted by atomic mass is 10.0. The van der Waals surface area contributed by atoms with Crippen molar-refractivity contribution < 1.29 is 13.6 Å². The Labute approximate surface area is 174 Å². The van der Waals surface area contributed by atoms with Crippen LogP contribution in [0.15, 0.2) is 47.1 Å². The van der Waals surface area contributed by atoms with Crippen molar-refractivity contribution in [3.8, 4) is 0 Å². The molecule has 1 aromatic heterocycles. The van der Waals surface area contributed by atoms with Gasteiger partial charge < -0.3 is 10.6 Å². The largest absolute Gasteiger partial charge is 0.326 e. The number of aromatic nitrogens is 2. The van der Waals surface area contributed by atoms with Crippen LogP contribution in [0.1, 0.15) is 23.2 Å². The van der Waals surface area contributed by atoms with E-state index in [1.54, 1.807) is 18.2 Å². The van der Waals surface area contributed by atoms with Crippen molar-refractivity contribution in [2.75, 3.05) is 10.6 Å². The summed E-state index contributed by atoms with van der Waals surface area (Å²) >= 11 is 3.22. The standard InChI is InChI=1S/C21H17BrF2N4O/c22-14-4-1-12(16(23)10-14)2-6-19-17(24)11-25-21(28-19)26-15-5-7-18-13(9-15)3-8-20(29)27-18/h1,4-5,7,9-11H,2-3,6,8H2,(H,27,29)(H,25,26,28). The molecule has 148 valence electrons. The number of hydrogen-bond donors (Lipinski definition) is 2. The molecule has 5 nitrogen and oxygen atoms in total. The predicted octanol–water partition coefficient (Wildman–Crippen LogP) is 4.93. The number of halogens is 3. The molecule has 0 fully saturated rings. The van der Waals surface area contributed by atoms with Gasteiger partial charge >= 0.3 is 0 Å². The van der Waals surface area contributed by atoms with Gasteiger partial charge in [0.2, 0.25) is 11.9 Å². The third-order valence-electron chi connectivity index (χ3n) is 4.72. The molecule has 2 N–H and O–H groups in total. The van der Waals surface area contributed by atoms with Crippen molar-refractivity contribution >= 4 is 39.2 Å². The molecule has 29 heavy (non-hydrogen) atoms. The summed E-state index contributed by atoms with van der Waals surface area (Å²) in [6.07, 6.45) is 2.79. The molecule has 2 heterocycles. The number of benzene rings is 2. The molecule has 3 aromatic rings. The minimum absolute atomic E-state index is 0.00642. The van der Waals surface area contributed by atoms with E-state index in [-0.39, 0.29) is 29.8 Å². The van der Waals surface area contributed by atoms with Crippen LogP contribution in [-0.4, -0.2) is 15.9 Å². The van der Waals surface area contributed by atoms with Crippen molar-refractivity contribution in [3.05, 3.63) is 75.5 Å². The van der Waals surface area contributed by atoms with Gasteiger partial charge in [0.15, 0.2) is 5.82 Å². The van der Waals surface area contributed by atoms with Crippen molar-refractivity contribution in [2.45, 2.75) is 25.7 Å². The molecule has 0 aliphatic carbocycles. The quantitative estimate of drug-likeness (QED) is 0.568. The van der Waals surface area contributed by atoms with E-state index in [1.807, 2.05) is 12.1 Å². The Balaban J connectivity index is 1.49. The lowest BCUT2D eigenvalue weighted by molar-refractivity contribution is -0.116. The fourth-order valence-electron chi connectivity index (χ4n) is 3.21. The highest BCUT2D eigenvalue weighted by atomic mass is 79.9. The molecule has 4 rings (SSSR count). The summed E-state index contributed by atoms with van der Waals surface area (Å²) in [6.45, 7) is 0. The van der Waals surface area contributed by atoms with Gasteiger partial charge in [0, 0.05) is 22.3 Å². The molecular weight excluding hydrogens is 442 g/mol. The third-order valence-corrected chi connectivity index (χ3v) is 5.21. The van der Waals surface area contributed by atoms with Crippen molar-refractivity contribution in [3.63, 3.8) is 0 Å². The van der Waals surface area contributed by atoms with Gasteiger partial charge in [0.05, 0.1) is 11.9 Å². The second-order valence-corrected chi connectivity index (χ2v) is 7.68. The van der Waals surface area contributed by atoms with E-state index in [0.29, 0.717) is 29.3 Å². The van der Waals surface area contributed by atoms with Crippen LogP contribution in [0.3, 0.4) is 0 Å². The summed E-state index contributed by atoms with van der Waals surface area (Å²) in [5.74, 6) is -0.598. The molecule has 8 heteroatoms. The molecular formula is C21H17BrF2N4O. The Hall–Kier alpha value is -2.87. The first kappa shape index (κ1) is 19.4. The average molecular weight is 459 g/mol. The van der Waals surface area contributed by atoms with Crippen LogP contribution in [0.2, 0.25) is 0 Å². The van der Waals surface area contributed by atoms with Gasteiger partial charge in [-0.3, -0.25) is 4.79 Å². The minimum Gasteiger partial charge on any atom is -0.326 e. The first-order valence-electron chi connectivity index (χ1n) is 9.13. The Kier molecular flexibility index (Phi) is 5.53. The highest BCUT2D eigenvalue weighted by Gasteiger charge is 2.15. The van der Waals surface area contributed by atoms with Gasteiger partial charge in [-0.2, -0.15) is 0 Å².